The van der Waals surface area contributed by atoms with Gasteiger partial charge in [0.1, 0.15) is 22.9 Å². The molecule has 12 heteroatoms. The van der Waals surface area contributed by atoms with Gasteiger partial charge in [0.05, 0.1) is 37.5 Å². The lowest BCUT2D eigenvalue weighted by Crippen LogP contribution is -2.47. The van der Waals surface area contributed by atoms with Crippen molar-refractivity contribution in [2.75, 3.05) is 51.1 Å². The van der Waals surface area contributed by atoms with Crippen LogP contribution in [0.3, 0.4) is 0 Å². The molecule has 1 aliphatic heterocycles. The molecule has 3 amide bonds. The molecular weight excluding hydrogens is 614 g/mol. The quantitative estimate of drug-likeness (QED) is 0.256. The fraction of sp³-hybridized carbons (Fsp3) is 0.528. The second-order valence-electron chi connectivity index (χ2n) is 12.8. The van der Waals surface area contributed by atoms with E-state index >= 15 is 0 Å². The van der Waals surface area contributed by atoms with E-state index in [1.54, 1.807) is 44.1 Å². The number of aromatic nitrogens is 1. The van der Waals surface area contributed by atoms with Gasteiger partial charge in [-0.25, -0.2) is 4.79 Å². The van der Waals surface area contributed by atoms with Crippen molar-refractivity contribution in [3.8, 4) is 11.5 Å². The summed E-state index contributed by atoms with van der Waals surface area (Å²) in [5.74, 6) is 1.37. The number of nitrogens with one attached hydrogen (secondary N) is 2. The number of likely N-dealkylation sites (N-methyl/N-ethyl adjacent to an activating group) is 1. The number of rotatable bonds is 9. The summed E-state index contributed by atoms with van der Waals surface area (Å²) in [5.41, 5.74) is 2.92. The van der Waals surface area contributed by atoms with Gasteiger partial charge in [-0.05, 0) is 89.9 Å². The van der Waals surface area contributed by atoms with Gasteiger partial charge in [0.15, 0.2) is 5.76 Å². The number of urea groups is 1. The molecule has 1 aliphatic rings. The van der Waals surface area contributed by atoms with Crippen molar-refractivity contribution in [3.05, 3.63) is 65.0 Å². The number of nitrogens with zero attached hydrogens (tertiary/aromatic N) is 3. The summed E-state index contributed by atoms with van der Waals surface area (Å²) in [7, 11) is 3.72. The van der Waals surface area contributed by atoms with Crippen LogP contribution < -0.4 is 20.1 Å². The second kappa shape index (κ2) is 17.3. The van der Waals surface area contributed by atoms with Crippen molar-refractivity contribution in [3.63, 3.8) is 0 Å². The molecule has 0 unspecified atom stereocenters. The number of hydrogen-bond acceptors (Lipinski definition) is 9. The monoisotopic (exact) mass is 665 g/mol. The molecule has 12 nitrogen and oxygen atoms in total. The molecule has 0 saturated heterocycles. The van der Waals surface area contributed by atoms with Crippen LogP contribution in [-0.4, -0.2) is 90.7 Å². The summed E-state index contributed by atoms with van der Waals surface area (Å²) in [6, 6.07) is 12.1. The first-order valence-corrected chi connectivity index (χ1v) is 16.7. The van der Waals surface area contributed by atoms with Crippen LogP contribution in [0, 0.1) is 19.8 Å². The van der Waals surface area contributed by atoms with E-state index in [0.29, 0.717) is 53.8 Å². The number of methoxy groups -OCH3 is 1. The summed E-state index contributed by atoms with van der Waals surface area (Å²) in [4.78, 5) is 31.2. The highest BCUT2D eigenvalue weighted by atomic mass is 16.5. The van der Waals surface area contributed by atoms with Crippen LogP contribution in [0.25, 0.3) is 0 Å². The van der Waals surface area contributed by atoms with Crippen LogP contribution in [0.4, 0.5) is 16.2 Å². The number of carbonyl (C=O) groups excluding carboxylic acids is 2. The zero-order chi connectivity index (χ0) is 34.8. The summed E-state index contributed by atoms with van der Waals surface area (Å²) in [6.45, 7) is 11.5. The Morgan fingerprint density at radius 3 is 2.56 bits per heavy atom. The largest absolute Gasteiger partial charge is 0.497 e. The van der Waals surface area contributed by atoms with Crippen molar-refractivity contribution in [2.45, 2.75) is 78.7 Å². The van der Waals surface area contributed by atoms with Crippen molar-refractivity contribution in [2.24, 2.45) is 5.92 Å². The molecule has 4 atom stereocenters. The maximum absolute atomic E-state index is 14.4. The van der Waals surface area contributed by atoms with E-state index in [4.69, 9.17) is 18.7 Å². The smallest absolute Gasteiger partial charge is 0.323 e. The Morgan fingerprint density at radius 1 is 1.15 bits per heavy atom. The molecule has 0 saturated carbocycles. The van der Waals surface area contributed by atoms with E-state index in [1.807, 2.05) is 26.0 Å². The fourth-order valence-corrected chi connectivity index (χ4v) is 5.81. The minimum atomic E-state index is -0.500. The van der Waals surface area contributed by atoms with Crippen molar-refractivity contribution in [1.29, 1.82) is 0 Å². The second-order valence-corrected chi connectivity index (χ2v) is 12.8. The molecule has 262 valence electrons. The third kappa shape index (κ3) is 9.94. The third-order valence-corrected chi connectivity index (χ3v) is 8.68. The molecule has 2 heterocycles. The summed E-state index contributed by atoms with van der Waals surface area (Å²) >= 11 is 0. The van der Waals surface area contributed by atoms with Gasteiger partial charge in [-0.2, -0.15) is 0 Å². The van der Waals surface area contributed by atoms with Crippen molar-refractivity contribution >= 4 is 23.3 Å². The Morgan fingerprint density at radius 2 is 1.90 bits per heavy atom. The number of anilines is 2. The number of amides is 3. The highest BCUT2D eigenvalue weighted by Gasteiger charge is 2.30. The van der Waals surface area contributed by atoms with Crippen LogP contribution in [0.2, 0.25) is 0 Å². The minimum absolute atomic E-state index is 0.0605. The first-order chi connectivity index (χ1) is 23.0. The van der Waals surface area contributed by atoms with E-state index in [0.717, 1.165) is 37.1 Å². The van der Waals surface area contributed by atoms with E-state index in [9.17, 15) is 14.7 Å². The lowest BCUT2D eigenvalue weighted by molar-refractivity contribution is -0.0177. The Balaban J connectivity index is 1.58. The molecule has 1 aromatic heterocycles. The van der Waals surface area contributed by atoms with Crippen LogP contribution >= 0.6 is 0 Å². The Bertz CT molecular complexity index is 1470. The van der Waals surface area contributed by atoms with Crippen LogP contribution in [-0.2, 0) is 11.3 Å². The third-order valence-electron chi connectivity index (χ3n) is 8.68. The van der Waals surface area contributed by atoms with Crippen LogP contribution in [0.15, 0.2) is 47.0 Å². The van der Waals surface area contributed by atoms with Crippen LogP contribution in [0.5, 0.6) is 11.5 Å². The standard InChI is InChI=1S/C36H51N5O7/c1-23-19-41(24(2)22-42)35(43)31-18-29(37-36(44)38-34-26(4)39-48-27(34)5)13-16-32(31)47-25(3)10-8-9-17-46-33(23)21-40(6)20-28-11-14-30(45-7)15-12-28/h11-16,18,23-25,33,42H,8-10,17,19-22H2,1-7H3,(H2,37,38,44)/t23-,24-,25+,33+/m1/s1. The van der Waals surface area contributed by atoms with Crippen molar-refractivity contribution in [1.82, 2.24) is 15.0 Å². The Kier molecular flexibility index (Phi) is 13.2. The zero-order valence-electron chi connectivity index (χ0n) is 29.2. The topological polar surface area (TPSA) is 139 Å². The predicted octanol–water partition coefficient (Wildman–Crippen LogP) is 5.87. The van der Waals surface area contributed by atoms with Gasteiger partial charge in [-0.15, -0.1) is 0 Å². The maximum Gasteiger partial charge on any atom is 0.323 e. The molecule has 0 fully saturated rings. The lowest BCUT2D eigenvalue weighted by Gasteiger charge is -2.36. The first-order valence-electron chi connectivity index (χ1n) is 16.7. The number of benzene rings is 2. The van der Waals surface area contributed by atoms with E-state index < -0.39 is 12.1 Å². The molecule has 0 bridgehead atoms. The van der Waals surface area contributed by atoms with Crippen molar-refractivity contribution < 1.29 is 33.4 Å². The number of hydrogen-bond donors (Lipinski definition) is 3. The van der Waals surface area contributed by atoms with E-state index in [1.165, 1.54) is 0 Å². The molecule has 48 heavy (non-hydrogen) atoms. The Labute approximate surface area is 283 Å². The Hall–Kier alpha value is -4.13. The number of aryl methyl sites for hydroxylation is 2. The summed E-state index contributed by atoms with van der Waals surface area (Å²) in [6.07, 6.45) is 2.25. The van der Waals surface area contributed by atoms with Gasteiger partial charge in [0.25, 0.3) is 5.91 Å². The van der Waals surface area contributed by atoms with E-state index in [-0.39, 0.29) is 30.6 Å². The number of aliphatic hydroxyl groups is 1. The number of aliphatic hydroxyl groups excluding tert-OH is 1. The van der Waals surface area contributed by atoms with Gasteiger partial charge in [-0.3, -0.25) is 9.69 Å². The number of carbonyl (C=O) groups is 2. The molecule has 3 N–H and O–H groups in total. The highest BCUT2D eigenvalue weighted by molar-refractivity contribution is 6.03. The lowest BCUT2D eigenvalue weighted by atomic mass is 10.0. The van der Waals surface area contributed by atoms with Gasteiger partial charge in [0, 0.05) is 37.8 Å². The summed E-state index contributed by atoms with van der Waals surface area (Å²) < 4.78 is 23.3. The zero-order valence-corrected chi connectivity index (χ0v) is 29.2. The molecule has 0 radical (unpaired) electrons. The molecule has 0 spiro atoms. The minimum Gasteiger partial charge on any atom is -0.497 e. The molecule has 3 aromatic rings. The first kappa shape index (κ1) is 36.7. The molecular formula is C36H51N5O7. The molecule has 2 aromatic carbocycles. The highest BCUT2D eigenvalue weighted by Crippen LogP contribution is 2.29. The fourth-order valence-electron chi connectivity index (χ4n) is 5.81. The van der Waals surface area contributed by atoms with Gasteiger partial charge < -0.3 is 39.4 Å². The van der Waals surface area contributed by atoms with Gasteiger partial charge >= 0.3 is 6.03 Å². The number of fused-ring (bicyclic) bond motifs is 1. The molecule has 0 aliphatic carbocycles. The van der Waals surface area contributed by atoms with E-state index in [2.05, 4.69) is 46.8 Å². The number of ether oxygens (including phenoxy) is 3. The normalized spacial score (nSPS) is 20.0. The van der Waals surface area contributed by atoms with Gasteiger partial charge in [-0.1, -0.05) is 24.2 Å². The van der Waals surface area contributed by atoms with Crippen LogP contribution in [0.1, 0.15) is 67.4 Å². The maximum atomic E-state index is 14.4. The summed E-state index contributed by atoms with van der Waals surface area (Å²) in [5, 5.41) is 19.7. The SMILES string of the molecule is COc1ccc(CN(C)C[C@@H]2OCCCC[C@H](C)Oc3ccc(NC(=O)Nc4c(C)noc4C)cc3C(=O)N([C@H](C)CO)C[C@H]2C)cc1. The average molecular weight is 666 g/mol. The molecule has 4 rings (SSSR count). The predicted molar refractivity (Wildman–Crippen MR) is 185 cm³/mol. The average Bonchev–Trinajstić information content (AvgIpc) is 3.38. The van der Waals surface area contributed by atoms with Gasteiger partial charge in [0.2, 0.25) is 0 Å².